The fourth-order valence-corrected chi connectivity index (χ4v) is 2.61. The molecule has 1 unspecified atom stereocenters. The molecule has 0 fully saturated rings. The minimum atomic E-state index is -0.784. The molecule has 1 N–H and O–H groups in total. The van der Waals surface area contributed by atoms with Crippen LogP contribution in [-0.2, 0) is 27.2 Å². The number of esters is 1. The summed E-state index contributed by atoms with van der Waals surface area (Å²) < 4.78 is 10.4. The van der Waals surface area contributed by atoms with Gasteiger partial charge in [-0.15, -0.1) is 0 Å². The van der Waals surface area contributed by atoms with Gasteiger partial charge in [-0.3, -0.25) is 4.90 Å². The van der Waals surface area contributed by atoms with Gasteiger partial charge in [0.2, 0.25) is 0 Å². The maximum absolute atomic E-state index is 12.2. The van der Waals surface area contributed by atoms with E-state index in [4.69, 9.17) is 9.47 Å². The van der Waals surface area contributed by atoms with E-state index in [0.717, 1.165) is 25.2 Å². The third kappa shape index (κ3) is 8.91. The number of alkyl carbamates (subject to hydrolysis) is 1. The number of hydrogen-bond donors (Lipinski definition) is 1. The van der Waals surface area contributed by atoms with Crippen LogP contribution in [0.15, 0.2) is 24.3 Å². The fraction of sp³-hybridized carbons (Fsp3) is 0.619. The first kappa shape index (κ1) is 23.0. The molecule has 0 aromatic heterocycles. The molecule has 0 radical (unpaired) electrons. The summed E-state index contributed by atoms with van der Waals surface area (Å²) in [6.45, 7) is 14.5. The van der Waals surface area contributed by atoms with Crippen molar-refractivity contribution in [1.82, 2.24) is 10.2 Å². The van der Waals surface area contributed by atoms with E-state index in [0.29, 0.717) is 6.42 Å². The van der Waals surface area contributed by atoms with Crippen molar-refractivity contribution in [3.8, 4) is 0 Å². The normalized spacial score (nSPS) is 12.6. The molecule has 1 aromatic carbocycles. The smallest absolute Gasteiger partial charge is 0.408 e. The summed E-state index contributed by atoms with van der Waals surface area (Å²) >= 11 is 0. The van der Waals surface area contributed by atoms with E-state index < -0.39 is 23.7 Å². The summed E-state index contributed by atoms with van der Waals surface area (Å²) in [4.78, 5) is 26.6. The Hall–Kier alpha value is -2.08. The molecule has 0 saturated carbocycles. The van der Waals surface area contributed by atoms with E-state index in [1.807, 2.05) is 12.1 Å². The highest BCUT2D eigenvalue weighted by Gasteiger charge is 2.25. The number of hydrogen-bond acceptors (Lipinski definition) is 5. The summed E-state index contributed by atoms with van der Waals surface area (Å²) in [6.07, 6.45) is -0.275. The number of benzene rings is 1. The lowest BCUT2D eigenvalue weighted by Crippen LogP contribution is -2.45. The van der Waals surface area contributed by atoms with E-state index >= 15 is 0 Å². The van der Waals surface area contributed by atoms with Crippen LogP contribution in [-0.4, -0.2) is 48.3 Å². The quantitative estimate of drug-likeness (QED) is 0.666. The van der Waals surface area contributed by atoms with Crippen molar-refractivity contribution < 1.29 is 19.1 Å². The Morgan fingerprint density at radius 2 is 1.59 bits per heavy atom. The molecular formula is C21H34N2O4. The molecule has 6 nitrogen and oxygen atoms in total. The molecule has 0 aliphatic rings. The molecule has 6 heteroatoms. The summed E-state index contributed by atoms with van der Waals surface area (Å²) in [5.41, 5.74) is 1.54. The highest BCUT2D eigenvalue weighted by atomic mass is 16.6. The van der Waals surface area contributed by atoms with Crippen molar-refractivity contribution in [2.45, 2.75) is 66.2 Å². The molecule has 0 bridgehead atoms. The minimum Gasteiger partial charge on any atom is -0.464 e. The molecule has 0 aliphatic heterocycles. The van der Waals surface area contributed by atoms with E-state index in [1.165, 1.54) is 5.56 Å². The number of carbonyl (C=O) groups is 2. The Labute approximate surface area is 163 Å². The lowest BCUT2D eigenvalue weighted by atomic mass is 10.0. The van der Waals surface area contributed by atoms with Crippen molar-refractivity contribution in [2.24, 2.45) is 0 Å². The summed E-state index contributed by atoms with van der Waals surface area (Å²) in [5.74, 6) is -0.462. The van der Waals surface area contributed by atoms with Crippen LogP contribution >= 0.6 is 0 Å². The van der Waals surface area contributed by atoms with E-state index in [2.05, 4.69) is 36.2 Å². The number of amides is 1. The number of rotatable bonds is 9. The molecule has 0 aliphatic carbocycles. The number of nitrogens with zero attached hydrogens (tertiary/aromatic N) is 1. The van der Waals surface area contributed by atoms with Gasteiger partial charge in [0.25, 0.3) is 0 Å². The third-order valence-electron chi connectivity index (χ3n) is 4.03. The monoisotopic (exact) mass is 378 g/mol. The van der Waals surface area contributed by atoms with Gasteiger partial charge in [0.15, 0.2) is 0 Å². The van der Waals surface area contributed by atoms with Crippen LogP contribution in [0.25, 0.3) is 0 Å². The van der Waals surface area contributed by atoms with Crippen LogP contribution in [0.2, 0.25) is 0 Å². The number of ether oxygens (including phenoxy) is 2. The Bertz CT molecular complexity index is 589. The minimum absolute atomic E-state index is 0.258. The second-order valence-electron chi connectivity index (χ2n) is 7.43. The van der Waals surface area contributed by atoms with Crippen molar-refractivity contribution in [1.29, 1.82) is 0 Å². The predicted molar refractivity (Wildman–Crippen MR) is 107 cm³/mol. The first-order valence-electron chi connectivity index (χ1n) is 9.64. The molecule has 0 heterocycles. The number of nitrogens with one attached hydrogen (secondary N) is 1. The van der Waals surface area contributed by atoms with Gasteiger partial charge in [-0.25, -0.2) is 9.59 Å². The Morgan fingerprint density at radius 3 is 2.07 bits per heavy atom. The zero-order valence-electron chi connectivity index (χ0n) is 17.5. The van der Waals surface area contributed by atoms with Crippen LogP contribution in [0.5, 0.6) is 0 Å². The molecule has 152 valence electrons. The molecule has 1 rings (SSSR count). The summed E-state index contributed by atoms with van der Waals surface area (Å²) in [5, 5.41) is 2.63. The van der Waals surface area contributed by atoms with E-state index in [9.17, 15) is 9.59 Å². The molecule has 1 aromatic rings. The Balaban J connectivity index is 2.79. The van der Waals surface area contributed by atoms with Gasteiger partial charge >= 0.3 is 12.1 Å². The zero-order chi connectivity index (χ0) is 20.4. The SMILES string of the molecule is CCOC(=O)C(Cc1ccc(CN(CC)CC)cc1)NC(=O)OC(C)(C)C. The van der Waals surface area contributed by atoms with Gasteiger partial charge in [0, 0.05) is 13.0 Å². The van der Waals surface area contributed by atoms with Crippen LogP contribution in [0.3, 0.4) is 0 Å². The first-order valence-corrected chi connectivity index (χ1v) is 9.64. The number of carbonyl (C=O) groups excluding carboxylic acids is 2. The van der Waals surface area contributed by atoms with E-state index in [-0.39, 0.29) is 6.61 Å². The van der Waals surface area contributed by atoms with Crippen LogP contribution < -0.4 is 5.32 Å². The molecular weight excluding hydrogens is 344 g/mol. The van der Waals surface area contributed by atoms with Crippen molar-refractivity contribution in [3.05, 3.63) is 35.4 Å². The summed E-state index contributed by atoms with van der Waals surface area (Å²) in [6, 6.07) is 7.31. The molecule has 27 heavy (non-hydrogen) atoms. The predicted octanol–water partition coefficient (Wildman–Crippen LogP) is 3.53. The van der Waals surface area contributed by atoms with Gasteiger partial charge < -0.3 is 14.8 Å². The maximum atomic E-state index is 12.2. The Kier molecular flexibility index (Phi) is 9.29. The van der Waals surface area contributed by atoms with Gasteiger partial charge in [-0.1, -0.05) is 38.1 Å². The summed E-state index contributed by atoms with van der Waals surface area (Å²) in [7, 11) is 0. The standard InChI is InChI=1S/C21H34N2O4/c1-7-23(8-2)15-17-12-10-16(11-13-17)14-18(19(24)26-9-3)22-20(25)27-21(4,5)6/h10-13,18H,7-9,14-15H2,1-6H3,(H,22,25). The van der Waals surface area contributed by atoms with Crippen molar-refractivity contribution in [3.63, 3.8) is 0 Å². The molecule has 1 atom stereocenters. The molecule has 1 amide bonds. The lowest BCUT2D eigenvalue weighted by molar-refractivity contribution is -0.145. The largest absolute Gasteiger partial charge is 0.464 e. The maximum Gasteiger partial charge on any atom is 0.408 e. The van der Waals surface area contributed by atoms with E-state index in [1.54, 1.807) is 27.7 Å². The van der Waals surface area contributed by atoms with Gasteiger partial charge in [0.05, 0.1) is 6.61 Å². The van der Waals surface area contributed by atoms with Gasteiger partial charge in [-0.2, -0.15) is 0 Å². The van der Waals surface area contributed by atoms with Crippen molar-refractivity contribution >= 4 is 12.1 Å². The third-order valence-corrected chi connectivity index (χ3v) is 4.03. The highest BCUT2D eigenvalue weighted by Crippen LogP contribution is 2.12. The van der Waals surface area contributed by atoms with Crippen molar-refractivity contribution in [2.75, 3.05) is 19.7 Å². The Morgan fingerprint density at radius 1 is 1.04 bits per heavy atom. The fourth-order valence-electron chi connectivity index (χ4n) is 2.61. The topological polar surface area (TPSA) is 67.9 Å². The van der Waals surface area contributed by atoms with Crippen LogP contribution in [0.4, 0.5) is 4.79 Å². The first-order chi connectivity index (χ1) is 12.7. The van der Waals surface area contributed by atoms with Gasteiger partial charge in [0.1, 0.15) is 11.6 Å². The second kappa shape index (κ2) is 10.9. The average Bonchev–Trinajstić information content (AvgIpc) is 2.59. The second-order valence-corrected chi connectivity index (χ2v) is 7.43. The van der Waals surface area contributed by atoms with Gasteiger partial charge in [-0.05, 0) is 51.9 Å². The molecule has 0 spiro atoms. The van der Waals surface area contributed by atoms with Crippen LogP contribution in [0.1, 0.15) is 52.7 Å². The lowest BCUT2D eigenvalue weighted by Gasteiger charge is -2.23. The zero-order valence-corrected chi connectivity index (χ0v) is 17.5. The molecule has 0 saturated heterocycles. The highest BCUT2D eigenvalue weighted by molar-refractivity contribution is 5.81. The van der Waals surface area contributed by atoms with Crippen LogP contribution in [0, 0.1) is 0 Å². The average molecular weight is 379 g/mol.